The van der Waals surface area contributed by atoms with E-state index in [-0.39, 0.29) is 11.5 Å². The van der Waals surface area contributed by atoms with Crippen molar-refractivity contribution in [2.75, 3.05) is 0 Å². The first kappa shape index (κ1) is 11.9. The highest BCUT2D eigenvalue weighted by Crippen LogP contribution is 2.35. The van der Waals surface area contributed by atoms with E-state index in [1.54, 1.807) is 0 Å². The molecule has 1 fully saturated rings. The molecule has 1 aromatic carbocycles. The Bertz CT molecular complexity index is 375. The molecule has 1 aliphatic heterocycles. The molecule has 1 aromatic rings. The van der Waals surface area contributed by atoms with Crippen molar-refractivity contribution in [3.8, 4) is 0 Å². The Morgan fingerprint density at radius 3 is 2.56 bits per heavy atom. The van der Waals surface area contributed by atoms with Crippen molar-refractivity contribution in [1.29, 1.82) is 0 Å². The fourth-order valence-electron chi connectivity index (χ4n) is 2.20. The van der Waals surface area contributed by atoms with Crippen LogP contribution in [0.5, 0.6) is 0 Å². The average Bonchev–Trinajstić information content (AvgIpc) is 2.68. The lowest BCUT2D eigenvalue weighted by Gasteiger charge is -2.18. The van der Waals surface area contributed by atoms with Gasteiger partial charge in [-0.25, -0.2) is 0 Å². The van der Waals surface area contributed by atoms with Crippen LogP contribution in [0, 0.1) is 13.8 Å². The lowest BCUT2D eigenvalue weighted by Crippen LogP contribution is -2.14. The van der Waals surface area contributed by atoms with Gasteiger partial charge in [0.1, 0.15) is 0 Å². The average molecular weight is 239 g/mol. The third-order valence-corrected chi connectivity index (χ3v) is 3.97. The molecule has 1 aliphatic rings. The molecule has 0 bridgehead atoms. The molecule has 0 spiro atoms. The molecule has 3 unspecified atom stereocenters. The van der Waals surface area contributed by atoms with Gasteiger partial charge in [0.25, 0.3) is 0 Å². The van der Waals surface area contributed by atoms with Gasteiger partial charge >= 0.3 is 0 Å². The minimum absolute atomic E-state index is 0.00995. The standard InChI is InChI=1S/C14H19ClO/c1-9-4-6-12(8-10(9)2)14(15)13-7-5-11(3)16-13/h4,6,8,11,13-14H,5,7H2,1-3H3. The first-order valence-electron chi connectivity index (χ1n) is 5.94. The van der Waals surface area contributed by atoms with E-state index in [0.29, 0.717) is 6.10 Å². The molecule has 2 heteroatoms. The van der Waals surface area contributed by atoms with Crippen LogP contribution in [-0.4, -0.2) is 12.2 Å². The van der Waals surface area contributed by atoms with Gasteiger partial charge in [-0.15, -0.1) is 11.6 Å². The normalized spacial score (nSPS) is 27.0. The lowest BCUT2D eigenvalue weighted by atomic mass is 10.0. The maximum Gasteiger partial charge on any atom is 0.0847 e. The van der Waals surface area contributed by atoms with Crippen LogP contribution >= 0.6 is 11.6 Å². The van der Waals surface area contributed by atoms with Gasteiger partial charge in [-0.2, -0.15) is 0 Å². The summed E-state index contributed by atoms with van der Waals surface area (Å²) in [4.78, 5) is 0. The molecule has 1 saturated heterocycles. The second-order valence-electron chi connectivity index (χ2n) is 4.81. The van der Waals surface area contributed by atoms with Crippen molar-refractivity contribution in [2.45, 2.75) is 51.2 Å². The smallest absolute Gasteiger partial charge is 0.0847 e. The Labute approximate surface area is 103 Å². The van der Waals surface area contributed by atoms with Gasteiger partial charge in [-0.05, 0) is 50.3 Å². The molecular formula is C14H19ClO. The van der Waals surface area contributed by atoms with Gasteiger partial charge in [0.2, 0.25) is 0 Å². The number of halogens is 1. The maximum atomic E-state index is 6.48. The van der Waals surface area contributed by atoms with Gasteiger partial charge in [-0.1, -0.05) is 18.2 Å². The van der Waals surface area contributed by atoms with Crippen LogP contribution in [0.25, 0.3) is 0 Å². The Balaban J connectivity index is 2.14. The fourth-order valence-corrected chi connectivity index (χ4v) is 2.52. The lowest BCUT2D eigenvalue weighted by molar-refractivity contribution is 0.0533. The minimum atomic E-state index is -0.00995. The van der Waals surface area contributed by atoms with Crippen LogP contribution in [0.3, 0.4) is 0 Å². The molecule has 0 N–H and O–H groups in total. The third-order valence-electron chi connectivity index (χ3n) is 3.44. The van der Waals surface area contributed by atoms with Crippen LogP contribution in [0.1, 0.15) is 41.8 Å². The van der Waals surface area contributed by atoms with Crippen molar-refractivity contribution in [3.05, 3.63) is 34.9 Å². The summed E-state index contributed by atoms with van der Waals surface area (Å²) < 4.78 is 5.82. The van der Waals surface area contributed by atoms with Crippen LogP contribution < -0.4 is 0 Å². The summed E-state index contributed by atoms with van der Waals surface area (Å²) in [5.74, 6) is 0. The number of hydrogen-bond donors (Lipinski definition) is 0. The highest BCUT2D eigenvalue weighted by molar-refractivity contribution is 6.21. The SMILES string of the molecule is Cc1ccc(C(Cl)C2CCC(C)O2)cc1C. The van der Waals surface area contributed by atoms with E-state index >= 15 is 0 Å². The summed E-state index contributed by atoms with van der Waals surface area (Å²) in [5.41, 5.74) is 3.80. The highest BCUT2D eigenvalue weighted by atomic mass is 35.5. The zero-order chi connectivity index (χ0) is 11.7. The second kappa shape index (κ2) is 4.77. The Kier molecular flexibility index (Phi) is 3.56. The van der Waals surface area contributed by atoms with Gasteiger partial charge < -0.3 is 4.74 Å². The van der Waals surface area contributed by atoms with E-state index in [2.05, 4.69) is 39.0 Å². The van der Waals surface area contributed by atoms with Gasteiger partial charge in [0.05, 0.1) is 17.6 Å². The molecule has 1 nitrogen and oxygen atoms in total. The van der Waals surface area contributed by atoms with E-state index in [9.17, 15) is 0 Å². The monoisotopic (exact) mass is 238 g/mol. The molecule has 1 heterocycles. The van der Waals surface area contributed by atoms with Crippen LogP contribution in [0.2, 0.25) is 0 Å². The zero-order valence-electron chi connectivity index (χ0n) is 10.2. The summed E-state index contributed by atoms with van der Waals surface area (Å²) in [5, 5.41) is -0.00995. The molecule has 3 atom stereocenters. The number of aryl methyl sites for hydroxylation is 2. The van der Waals surface area contributed by atoms with Gasteiger partial charge in [0, 0.05) is 0 Å². The molecule has 0 amide bonds. The van der Waals surface area contributed by atoms with Crippen molar-refractivity contribution < 1.29 is 4.74 Å². The van der Waals surface area contributed by atoms with Crippen molar-refractivity contribution in [3.63, 3.8) is 0 Å². The van der Waals surface area contributed by atoms with E-state index in [4.69, 9.17) is 16.3 Å². The largest absolute Gasteiger partial charge is 0.373 e. The van der Waals surface area contributed by atoms with Crippen LogP contribution in [0.4, 0.5) is 0 Å². The first-order valence-corrected chi connectivity index (χ1v) is 6.38. The summed E-state index contributed by atoms with van der Waals surface area (Å²) >= 11 is 6.48. The predicted molar refractivity (Wildman–Crippen MR) is 68.1 cm³/mol. The fraction of sp³-hybridized carbons (Fsp3) is 0.571. The van der Waals surface area contributed by atoms with Crippen molar-refractivity contribution in [1.82, 2.24) is 0 Å². The summed E-state index contributed by atoms with van der Waals surface area (Å²) in [7, 11) is 0. The molecule has 16 heavy (non-hydrogen) atoms. The number of alkyl halides is 1. The Hall–Kier alpha value is -0.530. The summed E-state index contributed by atoms with van der Waals surface area (Å²) in [6, 6.07) is 6.43. The van der Waals surface area contributed by atoms with Crippen LogP contribution in [0.15, 0.2) is 18.2 Å². The van der Waals surface area contributed by atoms with Crippen molar-refractivity contribution >= 4 is 11.6 Å². The third kappa shape index (κ3) is 2.41. The van der Waals surface area contributed by atoms with Crippen LogP contribution in [-0.2, 0) is 4.74 Å². The van der Waals surface area contributed by atoms with Gasteiger partial charge in [0.15, 0.2) is 0 Å². The number of rotatable bonds is 2. The molecule has 0 radical (unpaired) electrons. The van der Waals surface area contributed by atoms with Crippen molar-refractivity contribution in [2.24, 2.45) is 0 Å². The van der Waals surface area contributed by atoms with E-state index in [0.717, 1.165) is 12.8 Å². The first-order chi connectivity index (χ1) is 7.58. The summed E-state index contributed by atoms with van der Waals surface area (Å²) in [6.45, 7) is 6.36. The number of benzene rings is 1. The maximum absolute atomic E-state index is 6.48. The Morgan fingerprint density at radius 2 is 2.00 bits per heavy atom. The second-order valence-corrected chi connectivity index (χ2v) is 5.28. The quantitative estimate of drug-likeness (QED) is 0.704. The van der Waals surface area contributed by atoms with E-state index in [1.807, 2.05) is 0 Å². The number of ether oxygens (including phenoxy) is 1. The molecule has 2 rings (SSSR count). The molecule has 88 valence electrons. The molecule has 0 aliphatic carbocycles. The number of hydrogen-bond acceptors (Lipinski definition) is 1. The van der Waals surface area contributed by atoms with Gasteiger partial charge in [-0.3, -0.25) is 0 Å². The summed E-state index contributed by atoms with van der Waals surface area (Å²) in [6.07, 6.45) is 2.73. The van der Waals surface area contributed by atoms with E-state index < -0.39 is 0 Å². The predicted octanol–water partition coefficient (Wildman–Crippen LogP) is 4.15. The topological polar surface area (TPSA) is 9.23 Å². The molecular weight excluding hydrogens is 220 g/mol. The highest BCUT2D eigenvalue weighted by Gasteiger charge is 2.29. The van der Waals surface area contributed by atoms with E-state index in [1.165, 1.54) is 16.7 Å². The molecule has 0 aromatic heterocycles. The zero-order valence-corrected chi connectivity index (χ0v) is 10.9. The minimum Gasteiger partial charge on any atom is -0.373 e. The molecule has 0 saturated carbocycles. The Morgan fingerprint density at radius 1 is 1.25 bits per heavy atom.